The van der Waals surface area contributed by atoms with Gasteiger partial charge in [-0.3, -0.25) is 4.79 Å². The molecule has 1 heterocycles. The van der Waals surface area contributed by atoms with E-state index in [1.807, 2.05) is 6.92 Å². The number of halogens is 2. The highest BCUT2D eigenvalue weighted by atomic mass is 32.2. The molecule has 2 unspecified atom stereocenters. The highest BCUT2D eigenvalue weighted by Crippen LogP contribution is 2.25. The molecule has 0 aromatic heterocycles. The van der Waals surface area contributed by atoms with E-state index in [9.17, 15) is 27.1 Å². The molecule has 1 saturated heterocycles. The molecule has 1 aliphatic rings. The number of carbonyl (C=O) groups is 1. The molecule has 9 heteroatoms. The van der Waals surface area contributed by atoms with Crippen LogP contribution >= 0.6 is 0 Å². The SMILES string of the molecule is CC1CCCCN1S(=O)(=O)c1cccc(C(=O)NCC(O)c2ccc(F)c(F)c2)c1. The number of rotatable bonds is 6. The molecule has 0 radical (unpaired) electrons. The fraction of sp³-hybridized carbons (Fsp3) is 0.381. The highest BCUT2D eigenvalue weighted by molar-refractivity contribution is 7.89. The number of nitrogens with zero attached hydrogens (tertiary/aromatic N) is 1. The summed E-state index contributed by atoms with van der Waals surface area (Å²) in [6.07, 6.45) is 1.33. The molecule has 2 aromatic carbocycles. The van der Waals surface area contributed by atoms with Crippen molar-refractivity contribution in [3.8, 4) is 0 Å². The van der Waals surface area contributed by atoms with Gasteiger partial charge in [0.25, 0.3) is 5.91 Å². The van der Waals surface area contributed by atoms with Crippen LogP contribution in [0.25, 0.3) is 0 Å². The second-order valence-electron chi connectivity index (χ2n) is 7.39. The number of hydrogen-bond donors (Lipinski definition) is 2. The van der Waals surface area contributed by atoms with Crippen LogP contribution in [0, 0.1) is 11.6 Å². The largest absolute Gasteiger partial charge is 0.387 e. The maximum absolute atomic E-state index is 13.3. The average Bonchev–Trinajstić information content (AvgIpc) is 2.74. The average molecular weight is 438 g/mol. The van der Waals surface area contributed by atoms with Crippen LogP contribution in [-0.4, -0.2) is 42.9 Å². The second kappa shape index (κ2) is 9.20. The minimum atomic E-state index is -3.72. The minimum absolute atomic E-state index is 0.0325. The van der Waals surface area contributed by atoms with Gasteiger partial charge in [-0.1, -0.05) is 18.6 Å². The number of amides is 1. The molecule has 0 saturated carbocycles. The third kappa shape index (κ3) is 4.85. The Kier molecular flexibility index (Phi) is 6.84. The monoisotopic (exact) mass is 438 g/mol. The van der Waals surface area contributed by atoms with Crippen molar-refractivity contribution in [1.29, 1.82) is 0 Å². The molecule has 0 aliphatic carbocycles. The minimum Gasteiger partial charge on any atom is -0.387 e. The van der Waals surface area contributed by atoms with E-state index in [4.69, 9.17) is 0 Å². The number of sulfonamides is 1. The van der Waals surface area contributed by atoms with Gasteiger partial charge in [0.2, 0.25) is 10.0 Å². The van der Waals surface area contributed by atoms with E-state index < -0.39 is 33.7 Å². The van der Waals surface area contributed by atoms with Crippen LogP contribution in [0.1, 0.15) is 48.2 Å². The van der Waals surface area contributed by atoms with Gasteiger partial charge < -0.3 is 10.4 Å². The summed E-state index contributed by atoms with van der Waals surface area (Å²) in [6, 6.07) is 8.58. The summed E-state index contributed by atoms with van der Waals surface area (Å²) in [7, 11) is -3.72. The molecule has 6 nitrogen and oxygen atoms in total. The van der Waals surface area contributed by atoms with Gasteiger partial charge in [-0.2, -0.15) is 4.31 Å². The van der Waals surface area contributed by atoms with E-state index >= 15 is 0 Å². The summed E-state index contributed by atoms with van der Waals surface area (Å²) in [4.78, 5) is 12.5. The number of carbonyl (C=O) groups excluding carboxylic acids is 1. The topological polar surface area (TPSA) is 86.7 Å². The van der Waals surface area contributed by atoms with Crippen LogP contribution in [0.4, 0.5) is 8.78 Å². The zero-order valence-electron chi connectivity index (χ0n) is 16.5. The molecule has 0 spiro atoms. The number of hydrogen-bond acceptors (Lipinski definition) is 4. The Morgan fingerprint density at radius 3 is 2.67 bits per heavy atom. The van der Waals surface area contributed by atoms with Gasteiger partial charge in [-0.15, -0.1) is 0 Å². The van der Waals surface area contributed by atoms with Crippen molar-refractivity contribution < 1.29 is 27.1 Å². The Hall–Kier alpha value is -2.36. The van der Waals surface area contributed by atoms with Crippen molar-refractivity contribution in [2.45, 2.75) is 43.2 Å². The maximum atomic E-state index is 13.3. The lowest BCUT2D eigenvalue weighted by Crippen LogP contribution is -2.42. The molecule has 2 N–H and O–H groups in total. The molecule has 2 atom stereocenters. The van der Waals surface area contributed by atoms with Crippen molar-refractivity contribution in [2.24, 2.45) is 0 Å². The quantitative estimate of drug-likeness (QED) is 0.726. The van der Waals surface area contributed by atoms with Gasteiger partial charge >= 0.3 is 0 Å². The number of aliphatic hydroxyl groups excluding tert-OH is 1. The molecule has 162 valence electrons. The van der Waals surface area contributed by atoms with E-state index in [2.05, 4.69) is 5.32 Å². The van der Waals surface area contributed by atoms with Gasteiger partial charge in [0.05, 0.1) is 11.0 Å². The standard InChI is InChI=1S/C21H24F2N2O4S/c1-14-5-2-3-10-25(14)30(28,29)17-7-4-6-16(11-17)21(27)24-13-20(26)15-8-9-18(22)19(23)12-15/h4,6-9,11-12,14,20,26H,2-3,5,10,13H2,1H3,(H,24,27). The lowest BCUT2D eigenvalue weighted by atomic mass is 10.1. The van der Waals surface area contributed by atoms with Gasteiger partial charge in [-0.05, 0) is 55.7 Å². The Morgan fingerprint density at radius 2 is 1.97 bits per heavy atom. The van der Waals surface area contributed by atoms with E-state index in [0.29, 0.717) is 6.54 Å². The molecule has 1 fully saturated rings. The van der Waals surface area contributed by atoms with Crippen LogP contribution in [0.2, 0.25) is 0 Å². The summed E-state index contributed by atoms with van der Waals surface area (Å²) >= 11 is 0. The Morgan fingerprint density at radius 1 is 1.20 bits per heavy atom. The van der Waals surface area contributed by atoms with Crippen LogP contribution in [0.3, 0.4) is 0 Å². The van der Waals surface area contributed by atoms with E-state index in [-0.39, 0.29) is 28.6 Å². The van der Waals surface area contributed by atoms with Gasteiger partial charge in [0.15, 0.2) is 11.6 Å². The maximum Gasteiger partial charge on any atom is 0.251 e. The number of nitrogens with one attached hydrogen (secondary N) is 1. The Balaban J connectivity index is 1.70. The first-order valence-electron chi connectivity index (χ1n) is 9.73. The number of piperidine rings is 1. The molecule has 2 aromatic rings. The van der Waals surface area contributed by atoms with E-state index in [1.54, 1.807) is 0 Å². The summed E-state index contributed by atoms with van der Waals surface area (Å²) in [5, 5.41) is 12.6. The molecular formula is C21H24F2N2O4S. The van der Waals surface area contributed by atoms with Crippen molar-refractivity contribution in [3.63, 3.8) is 0 Å². The smallest absolute Gasteiger partial charge is 0.251 e. The summed E-state index contributed by atoms with van der Waals surface area (Å²) < 4.78 is 53.7. The molecular weight excluding hydrogens is 414 g/mol. The van der Waals surface area contributed by atoms with Crippen molar-refractivity contribution >= 4 is 15.9 Å². The highest BCUT2D eigenvalue weighted by Gasteiger charge is 2.31. The first kappa shape index (κ1) is 22.3. The van der Waals surface area contributed by atoms with Gasteiger partial charge in [0.1, 0.15) is 0 Å². The van der Waals surface area contributed by atoms with E-state index in [0.717, 1.165) is 31.4 Å². The van der Waals surface area contributed by atoms with Gasteiger partial charge in [0, 0.05) is 24.7 Å². The summed E-state index contributed by atoms with van der Waals surface area (Å²) in [5.41, 5.74) is 0.239. The fourth-order valence-electron chi connectivity index (χ4n) is 3.49. The Bertz CT molecular complexity index is 1030. The van der Waals surface area contributed by atoms with Crippen LogP contribution < -0.4 is 5.32 Å². The predicted octanol–water partition coefficient (Wildman–Crippen LogP) is 2.99. The lowest BCUT2D eigenvalue weighted by Gasteiger charge is -2.32. The summed E-state index contributed by atoms with van der Waals surface area (Å²) in [6.45, 7) is 2.07. The number of aliphatic hydroxyl groups is 1. The zero-order chi connectivity index (χ0) is 21.9. The van der Waals surface area contributed by atoms with E-state index in [1.165, 1.54) is 34.6 Å². The number of benzene rings is 2. The van der Waals surface area contributed by atoms with Crippen LogP contribution in [0.15, 0.2) is 47.4 Å². The second-order valence-corrected chi connectivity index (χ2v) is 9.28. The first-order chi connectivity index (χ1) is 14.2. The van der Waals surface area contributed by atoms with Crippen LogP contribution in [-0.2, 0) is 10.0 Å². The normalized spacial score (nSPS) is 18.7. The fourth-order valence-corrected chi connectivity index (χ4v) is 5.24. The van der Waals surface area contributed by atoms with Crippen molar-refractivity contribution in [2.75, 3.05) is 13.1 Å². The molecule has 0 bridgehead atoms. The Labute approximate surface area is 174 Å². The lowest BCUT2D eigenvalue weighted by molar-refractivity contribution is 0.0916. The first-order valence-corrected chi connectivity index (χ1v) is 11.2. The van der Waals surface area contributed by atoms with Crippen LogP contribution in [0.5, 0.6) is 0 Å². The van der Waals surface area contributed by atoms with Crippen molar-refractivity contribution in [1.82, 2.24) is 9.62 Å². The molecule has 30 heavy (non-hydrogen) atoms. The third-order valence-corrected chi connectivity index (χ3v) is 7.24. The van der Waals surface area contributed by atoms with Crippen molar-refractivity contribution in [3.05, 3.63) is 65.2 Å². The third-order valence-electron chi connectivity index (χ3n) is 5.23. The predicted molar refractivity (Wildman–Crippen MR) is 107 cm³/mol. The summed E-state index contributed by atoms with van der Waals surface area (Å²) in [5.74, 6) is -2.71. The molecule has 1 aliphatic heterocycles. The molecule has 3 rings (SSSR count). The van der Waals surface area contributed by atoms with Gasteiger partial charge in [-0.25, -0.2) is 17.2 Å². The molecule has 1 amide bonds. The zero-order valence-corrected chi connectivity index (χ0v) is 17.3.